The molecule has 2 aromatic heterocycles. The van der Waals surface area contributed by atoms with Crippen molar-refractivity contribution >= 4 is 17.8 Å². The summed E-state index contributed by atoms with van der Waals surface area (Å²) in [6.07, 6.45) is 3.12. The van der Waals surface area contributed by atoms with Crippen molar-refractivity contribution in [1.29, 1.82) is 5.26 Å². The summed E-state index contributed by atoms with van der Waals surface area (Å²) < 4.78 is 5.47. The van der Waals surface area contributed by atoms with Crippen LogP contribution in [-0.2, 0) is 0 Å². The maximum absolute atomic E-state index is 8.64. The third-order valence-corrected chi connectivity index (χ3v) is 2.83. The van der Waals surface area contributed by atoms with Crippen molar-refractivity contribution in [1.82, 2.24) is 4.98 Å². The third-order valence-electron chi connectivity index (χ3n) is 1.96. The lowest BCUT2D eigenvalue weighted by Crippen LogP contribution is -1.74. The van der Waals surface area contributed by atoms with Crippen LogP contribution in [0.25, 0.3) is 10.9 Å². The highest BCUT2D eigenvalue weighted by molar-refractivity contribution is 7.99. The number of pyridine rings is 1. The molecule has 0 unspecified atom stereocenters. The van der Waals surface area contributed by atoms with Crippen LogP contribution in [0.4, 0.5) is 0 Å². The third kappa shape index (κ3) is 3.00. The summed E-state index contributed by atoms with van der Waals surface area (Å²) in [7, 11) is 0. The van der Waals surface area contributed by atoms with E-state index in [-0.39, 0.29) is 5.70 Å². The summed E-state index contributed by atoms with van der Waals surface area (Å²) in [6, 6.07) is 10.9. The molecule has 0 radical (unpaired) electrons. The van der Waals surface area contributed by atoms with Crippen molar-refractivity contribution in [3.63, 3.8) is 0 Å². The molecule has 2 aromatic rings. The Balaban J connectivity index is 2.15. The Morgan fingerprint density at radius 1 is 1.44 bits per heavy atom. The molecule has 0 aliphatic rings. The van der Waals surface area contributed by atoms with Gasteiger partial charge in [-0.2, -0.15) is 0 Å². The maximum atomic E-state index is 8.64. The molecule has 0 fully saturated rings. The quantitative estimate of drug-likeness (QED) is 0.619. The van der Waals surface area contributed by atoms with Crippen LogP contribution in [-0.4, -0.2) is 4.98 Å². The molecule has 4 nitrogen and oxygen atoms in total. The second kappa shape index (κ2) is 5.72. The van der Waals surface area contributed by atoms with E-state index in [0.29, 0.717) is 10.9 Å². The highest BCUT2D eigenvalue weighted by Crippen LogP contribution is 2.28. The number of hydrogen-bond donors (Lipinski definition) is 0. The van der Waals surface area contributed by atoms with E-state index in [1.165, 1.54) is 17.8 Å². The van der Waals surface area contributed by atoms with Gasteiger partial charge in [0.05, 0.1) is 12.6 Å². The van der Waals surface area contributed by atoms with Gasteiger partial charge in [0.1, 0.15) is 10.8 Å². The van der Waals surface area contributed by atoms with Gasteiger partial charge in [-0.25, -0.2) is 15.1 Å². The minimum absolute atomic E-state index is 0.00117. The van der Waals surface area contributed by atoms with Crippen molar-refractivity contribution in [3.05, 3.63) is 59.4 Å². The Kier molecular flexibility index (Phi) is 3.80. The molecule has 0 amide bonds. The molecule has 2 rings (SSSR count). The first-order valence-electron chi connectivity index (χ1n) is 5.00. The van der Waals surface area contributed by atoms with E-state index in [1.54, 1.807) is 24.4 Å². The van der Waals surface area contributed by atoms with Gasteiger partial charge < -0.3 is 4.42 Å². The van der Waals surface area contributed by atoms with Gasteiger partial charge in [-0.3, -0.25) is 0 Å². The first-order chi connectivity index (χ1) is 8.81. The smallest absolute Gasteiger partial charge is 0.265 e. The predicted molar refractivity (Wildman–Crippen MR) is 67.3 cm³/mol. The van der Waals surface area contributed by atoms with E-state index in [9.17, 15) is 0 Å². The van der Waals surface area contributed by atoms with Gasteiger partial charge >= 0.3 is 0 Å². The predicted octanol–water partition coefficient (Wildman–Crippen LogP) is 3.61. The van der Waals surface area contributed by atoms with Crippen molar-refractivity contribution in [2.45, 2.75) is 10.1 Å². The Labute approximate surface area is 108 Å². The number of aromatic nitrogens is 1. The summed E-state index contributed by atoms with van der Waals surface area (Å²) in [6.45, 7) is 6.77. The molecular weight excluding hydrogens is 246 g/mol. The molecule has 0 aliphatic carbocycles. The van der Waals surface area contributed by atoms with E-state index < -0.39 is 0 Å². The SMILES string of the molecule is [C-]#[N+]/C(C#N)=C\c1ccc(Sc2ccccn2)o1. The minimum atomic E-state index is -0.00117. The summed E-state index contributed by atoms with van der Waals surface area (Å²) in [5, 5.41) is 10.1. The van der Waals surface area contributed by atoms with Crippen LogP contribution >= 0.6 is 11.8 Å². The van der Waals surface area contributed by atoms with Crippen LogP contribution in [0.2, 0.25) is 0 Å². The molecule has 86 valence electrons. The molecule has 0 N–H and O–H groups in total. The molecule has 5 heteroatoms. The number of allylic oxidation sites excluding steroid dienone is 1. The lowest BCUT2D eigenvalue weighted by atomic mass is 10.3. The zero-order chi connectivity index (χ0) is 12.8. The molecule has 0 saturated carbocycles. The summed E-state index contributed by atoms with van der Waals surface area (Å²) in [5.74, 6) is 0.487. The van der Waals surface area contributed by atoms with Crippen LogP contribution in [0.1, 0.15) is 5.76 Å². The highest BCUT2D eigenvalue weighted by Gasteiger charge is 2.04. The van der Waals surface area contributed by atoms with Crippen LogP contribution in [0.15, 0.2) is 56.8 Å². The molecule has 0 atom stereocenters. The number of rotatable bonds is 3. The Morgan fingerprint density at radius 2 is 2.33 bits per heavy atom. The molecule has 2 heterocycles. The van der Waals surface area contributed by atoms with E-state index in [0.717, 1.165) is 5.03 Å². The molecule has 0 bridgehead atoms. The van der Waals surface area contributed by atoms with Gasteiger partial charge in [0, 0.05) is 6.20 Å². The molecule has 0 aromatic carbocycles. The minimum Gasteiger partial charge on any atom is -0.451 e. The van der Waals surface area contributed by atoms with Crippen LogP contribution < -0.4 is 0 Å². The maximum Gasteiger partial charge on any atom is 0.265 e. The average Bonchev–Trinajstić information content (AvgIpc) is 2.84. The van der Waals surface area contributed by atoms with Gasteiger partial charge in [0.2, 0.25) is 0 Å². The van der Waals surface area contributed by atoms with Gasteiger partial charge in [-0.05, 0) is 42.1 Å². The molecule has 18 heavy (non-hydrogen) atoms. The highest BCUT2D eigenvalue weighted by atomic mass is 32.2. The molecule has 0 spiro atoms. The number of hydrogen-bond acceptors (Lipinski definition) is 4. The zero-order valence-corrected chi connectivity index (χ0v) is 10.0. The van der Waals surface area contributed by atoms with Crippen LogP contribution in [0.5, 0.6) is 0 Å². The van der Waals surface area contributed by atoms with Crippen molar-refractivity contribution < 1.29 is 4.42 Å². The van der Waals surface area contributed by atoms with Crippen molar-refractivity contribution in [2.75, 3.05) is 0 Å². The lowest BCUT2D eigenvalue weighted by Gasteiger charge is -1.94. The van der Waals surface area contributed by atoms with E-state index in [1.807, 2.05) is 18.2 Å². The molecular formula is C13H7N3OS. The average molecular weight is 253 g/mol. The van der Waals surface area contributed by atoms with E-state index in [2.05, 4.69) is 9.83 Å². The standard InChI is InChI=1S/C13H7N3OS/c1-15-10(9-14)8-11-5-6-13(17-11)18-12-4-2-3-7-16-12/h2-8H/b10-8-. The normalized spacial score (nSPS) is 10.7. The largest absolute Gasteiger partial charge is 0.451 e. The first kappa shape index (κ1) is 12.0. The van der Waals surface area contributed by atoms with Gasteiger partial charge in [0.15, 0.2) is 5.09 Å². The summed E-state index contributed by atoms with van der Waals surface area (Å²) in [5.41, 5.74) is -0.00117. The Morgan fingerprint density at radius 3 is 3.00 bits per heavy atom. The summed E-state index contributed by atoms with van der Waals surface area (Å²) >= 11 is 1.38. The molecule has 0 saturated heterocycles. The first-order valence-corrected chi connectivity index (χ1v) is 5.81. The van der Waals surface area contributed by atoms with Crippen LogP contribution in [0.3, 0.4) is 0 Å². The fraction of sp³-hybridized carbons (Fsp3) is 0. The summed E-state index contributed by atoms with van der Waals surface area (Å²) in [4.78, 5) is 7.23. The zero-order valence-electron chi connectivity index (χ0n) is 9.20. The molecule has 0 aliphatic heterocycles. The topological polar surface area (TPSA) is 54.2 Å². The fourth-order valence-electron chi connectivity index (χ4n) is 1.20. The second-order valence-electron chi connectivity index (χ2n) is 3.18. The Bertz CT molecular complexity index is 631. The lowest BCUT2D eigenvalue weighted by molar-refractivity contribution is 0.466. The Hall–Kier alpha value is -2.50. The van der Waals surface area contributed by atoms with E-state index in [4.69, 9.17) is 16.3 Å². The van der Waals surface area contributed by atoms with Crippen LogP contribution in [0, 0.1) is 17.9 Å². The van der Waals surface area contributed by atoms with E-state index >= 15 is 0 Å². The fourth-order valence-corrected chi connectivity index (χ4v) is 1.94. The second-order valence-corrected chi connectivity index (χ2v) is 4.20. The van der Waals surface area contributed by atoms with Gasteiger partial charge in [-0.15, -0.1) is 0 Å². The van der Waals surface area contributed by atoms with Gasteiger partial charge in [-0.1, -0.05) is 6.07 Å². The van der Waals surface area contributed by atoms with Gasteiger partial charge in [0.25, 0.3) is 5.70 Å². The monoisotopic (exact) mass is 253 g/mol. The van der Waals surface area contributed by atoms with Crippen molar-refractivity contribution in [2.24, 2.45) is 0 Å². The number of nitriles is 1. The number of nitrogens with zero attached hydrogens (tertiary/aromatic N) is 3. The number of furan rings is 1. The van der Waals surface area contributed by atoms with Crippen molar-refractivity contribution in [3.8, 4) is 6.07 Å².